The summed E-state index contributed by atoms with van der Waals surface area (Å²) in [5.74, 6) is 2.07. The molecule has 2 aromatic heterocycles. The highest BCUT2D eigenvalue weighted by Gasteiger charge is 2.26. The van der Waals surface area contributed by atoms with Crippen LogP contribution in [0.25, 0.3) is 10.2 Å². The lowest BCUT2D eigenvalue weighted by molar-refractivity contribution is 0.0590. The van der Waals surface area contributed by atoms with E-state index in [9.17, 15) is 9.59 Å². The number of hydrogen-bond donors (Lipinski definition) is 0. The molecule has 8 nitrogen and oxygen atoms in total. The number of rotatable bonds is 9. The van der Waals surface area contributed by atoms with Crippen LogP contribution < -0.4 is 9.47 Å². The van der Waals surface area contributed by atoms with Gasteiger partial charge >= 0.3 is 0 Å². The quantitative estimate of drug-likeness (QED) is 0.213. The number of piperidine rings is 2. The molecule has 224 valence electrons. The highest BCUT2D eigenvalue weighted by molar-refractivity contribution is 7.18. The highest BCUT2D eigenvalue weighted by atomic mass is 32.1. The molecule has 2 aliphatic rings. The third kappa shape index (κ3) is 7.22. The number of methoxy groups -OCH3 is 1. The Labute approximate surface area is 256 Å². The van der Waals surface area contributed by atoms with Gasteiger partial charge in [-0.25, -0.2) is 4.98 Å². The number of aromatic nitrogens is 2. The van der Waals surface area contributed by atoms with Crippen LogP contribution in [0.3, 0.4) is 0 Å². The summed E-state index contributed by atoms with van der Waals surface area (Å²) in [6, 6.07) is 17.7. The molecule has 0 bridgehead atoms. The first kappa shape index (κ1) is 29.3. The molecule has 2 aromatic carbocycles. The van der Waals surface area contributed by atoms with Gasteiger partial charge in [-0.1, -0.05) is 12.1 Å². The molecule has 43 heavy (non-hydrogen) atoms. The van der Waals surface area contributed by atoms with Crippen molar-refractivity contribution in [2.45, 2.75) is 51.7 Å². The largest absolute Gasteiger partial charge is 0.497 e. The van der Waals surface area contributed by atoms with E-state index in [0.29, 0.717) is 36.7 Å². The van der Waals surface area contributed by atoms with Gasteiger partial charge in [0.15, 0.2) is 5.78 Å². The van der Waals surface area contributed by atoms with Crippen LogP contribution in [-0.4, -0.2) is 70.9 Å². The summed E-state index contributed by atoms with van der Waals surface area (Å²) in [5.41, 5.74) is 3.20. The van der Waals surface area contributed by atoms with Gasteiger partial charge in [-0.05, 0) is 80.7 Å². The number of pyridine rings is 1. The topological polar surface area (TPSA) is 84.9 Å². The first-order valence-electron chi connectivity index (χ1n) is 15.1. The highest BCUT2D eigenvalue weighted by Crippen LogP contribution is 2.28. The molecule has 2 aliphatic heterocycles. The van der Waals surface area contributed by atoms with E-state index in [2.05, 4.69) is 33.1 Å². The van der Waals surface area contributed by atoms with Gasteiger partial charge in [0.2, 0.25) is 0 Å². The van der Waals surface area contributed by atoms with E-state index in [1.165, 1.54) is 5.56 Å². The second-order valence-electron chi connectivity index (χ2n) is 11.6. The van der Waals surface area contributed by atoms with E-state index < -0.39 is 0 Å². The average molecular weight is 599 g/mol. The van der Waals surface area contributed by atoms with Gasteiger partial charge < -0.3 is 14.4 Å². The zero-order valence-corrected chi connectivity index (χ0v) is 25.6. The maximum absolute atomic E-state index is 13.1. The third-order valence-electron chi connectivity index (χ3n) is 8.55. The Kier molecular flexibility index (Phi) is 9.00. The molecule has 4 aromatic rings. The van der Waals surface area contributed by atoms with E-state index in [1.54, 1.807) is 36.8 Å². The third-order valence-corrected chi connectivity index (χ3v) is 9.50. The molecule has 0 unspecified atom stereocenters. The number of thiazole rings is 1. The summed E-state index contributed by atoms with van der Waals surface area (Å²) in [6.07, 6.45) is 5.68. The molecule has 9 heteroatoms. The zero-order chi connectivity index (χ0) is 29.8. The van der Waals surface area contributed by atoms with Gasteiger partial charge in [0.1, 0.15) is 23.3 Å². The van der Waals surface area contributed by atoms with Crippen LogP contribution in [-0.2, 0) is 6.54 Å². The summed E-state index contributed by atoms with van der Waals surface area (Å²) in [5, 5.41) is 1.04. The van der Waals surface area contributed by atoms with E-state index in [4.69, 9.17) is 9.47 Å². The Morgan fingerprint density at radius 1 is 0.930 bits per heavy atom. The molecule has 4 heterocycles. The Balaban J connectivity index is 0.941. The number of hydrogen-bond acceptors (Lipinski definition) is 8. The Morgan fingerprint density at radius 2 is 1.67 bits per heavy atom. The standard InChI is InChI=1S/C34H38N4O4S/c1-23-36-31-20-29(8-10-33(31)43-23)42-28-13-17-38(18-14-28)34(40)30-9-5-26(21-35-30)32(39)19-24-11-15-37(16-12-24)22-25-3-6-27(41-2)7-4-25/h3-10,20-21,24,28H,11-19,22H2,1-2H3. The number of ether oxygens (including phenoxy) is 2. The summed E-state index contributed by atoms with van der Waals surface area (Å²) in [6.45, 7) is 6.12. The fourth-order valence-electron chi connectivity index (χ4n) is 6.03. The van der Waals surface area contributed by atoms with E-state index in [-0.39, 0.29) is 17.8 Å². The van der Waals surface area contributed by atoms with Gasteiger partial charge in [0.05, 0.1) is 22.3 Å². The van der Waals surface area contributed by atoms with Crippen molar-refractivity contribution in [2.24, 2.45) is 5.92 Å². The molecule has 1 amide bonds. The lowest BCUT2D eigenvalue weighted by Gasteiger charge is -2.32. The minimum absolute atomic E-state index is 0.0588. The summed E-state index contributed by atoms with van der Waals surface area (Å²) >= 11 is 1.68. The molecule has 0 aliphatic carbocycles. The van der Waals surface area contributed by atoms with Crippen LogP contribution in [0.2, 0.25) is 0 Å². The molecule has 0 radical (unpaired) electrons. The van der Waals surface area contributed by atoms with Crippen molar-refractivity contribution >= 4 is 33.2 Å². The average Bonchev–Trinajstić information content (AvgIpc) is 3.42. The van der Waals surface area contributed by atoms with Crippen molar-refractivity contribution in [3.05, 3.63) is 82.6 Å². The number of likely N-dealkylation sites (tertiary alicyclic amines) is 2. The normalized spacial score (nSPS) is 16.8. The van der Waals surface area contributed by atoms with Gasteiger partial charge in [0, 0.05) is 56.7 Å². The molecule has 0 N–H and O–H groups in total. The van der Waals surface area contributed by atoms with Crippen LogP contribution in [0.15, 0.2) is 60.8 Å². The fourth-order valence-corrected chi connectivity index (χ4v) is 6.84. The van der Waals surface area contributed by atoms with Crippen LogP contribution in [0, 0.1) is 12.8 Å². The molecular weight excluding hydrogens is 560 g/mol. The van der Waals surface area contributed by atoms with Crippen LogP contribution >= 0.6 is 11.3 Å². The predicted molar refractivity (Wildman–Crippen MR) is 168 cm³/mol. The smallest absolute Gasteiger partial charge is 0.272 e. The molecular formula is C34H38N4O4S. The van der Waals surface area contributed by atoms with Crippen LogP contribution in [0.4, 0.5) is 0 Å². The van der Waals surface area contributed by atoms with Crippen molar-refractivity contribution in [3.63, 3.8) is 0 Å². The molecule has 0 atom stereocenters. The lowest BCUT2D eigenvalue weighted by atomic mass is 9.90. The summed E-state index contributed by atoms with van der Waals surface area (Å²) in [4.78, 5) is 39.4. The van der Waals surface area contributed by atoms with Crippen LogP contribution in [0.5, 0.6) is 11.5 Å². The number of Topliss-reactive ketones (excluding diaryl/α,β-unsaturated/α-hetero) is 1. The maximum Gasteiger partial charge on any atom is 0.272 e. The predicted octanol–water partition coefficient (Wildman–Crippen LogP) is 6.18. The van der Waals surface area contributed by atoms with Crippen LogP contribution in [0.1, 0.15) is 63.5 Å². The molecule has 0 spiro atoms. The summed E-state index contributed by atoms with van der Waals surface area (Å²) < 4.78 is 12.6. The van der Waals surface area contributed by atoms with Crippen molar-refractivity contribution in [2.75, 3.05) is 33.3 Å². The van der Waals surface area contributed by atoms with Crippen molar-refractivity contribution in [1.82, 2.24) is 19.8 Å². The number of aryl methyl sites for hydroxylation is 1. The first-order valence-corrected chi connectivity index (χ1v) is 15.9. The molecule has 6 rings (SSSR count). The monoisotopic (exact) mass is 598 g/mol. The van der Waals surface area contributed by atoms with E-state index in [0.717, 1.165) is 72.0 Å². The van der Waals surface area contributed by atoms with Gasteiger partial charge in [-0.2, -0.15) is 0 Å². The van der Waals surface area contributed by atoms with Crippen molar-refractivity contribution in [1.29, 1.82) is 0 Å². The number of benzene rings is 2. The molecule has 2 fully saturated rings. The second-order valence-corrected chi connectivity index (χ2v) is 12.8. The Morgan fingerprint density at radius 3 is 2.37 bits per heavy atom. The van der Waals surface area contributed by atoms with Crippen molar-refractivity contribution < 1.29 is 19.1 Å². The van der Waals surface area contributed by atoms with Gasteiger partial charge in [-0.15, -0.1) is 11.3 Å². The number of amides is 1. The zero-order valence-electron chi connectivity index (χ0n) is 24.8. The fraction of sp³-hybridized carbons (Fsp3) is 0.412. The van der Waals surface area contributed by atoms with E-state index >= 15 is 0 Å². The minimum atomic E-state index is -0.0963. The number of carbonyl (C=O) groups excluding carboxylic acids is 2. The molecule has 2 saturated heterocycles. The second kappa shape index (κ2) is 13.2. The maximum atomic E-state index is 13.1. The molecule has 0 saturated carbocycles. The van der Waals surface area contributed by atoms with E-state index in [1.807, 2.05) is 36.1 Å². The Bertz CT molecular complexity index is 1550. The van der Waals surface area contributed by atoms with Gasteiger partial charge in [-0.3, -0.25) is 19.5 Å². The van der Waals surface area contributed by atoms with Gasteiger partial charge in [0.25, 0.3) is 5.91 Å². The number of carbonyl (C=O) groups is 2. The summed E-state index contributed by atoms with van der Waals surface area (Å²) in [7, 11) is 1.68. The minimum Gasteiger partial charge on any atom is -0.497 e. The number of ketones is 1. The van der Waals surface area contributed by atoms with Crippen molar-refractivity contribution in [3.8, 4) is 11.5 Å². The number of fused-ring (bicyclic) bond motifs is 1. The number of nitrogens with zero attached hydrogens (tertiary/aromatic N) is 4. The first-order chi connectivity index (χ1) is 20.9. The SMILES string of the molecule is COc1ccc(CN2CCC(CC(=O)c3ccc(C(=O)N4CCC(Oc5ccc6sc(C)nc6c5)CC4)nc3)CC2)cc1. The Hall–Kier alpha value is -3.82. The lowest BCUT2D eigenvalue weighted by Crippen LogP contribution is -2.42.